The van der Waals surface area contributed by atoms with E-state index in [9.17, 15) is 9.90 Å². The zero-order valence-corrected chi connectivity index (χ0v) is 16.6. The summed E-state index contributed by atoms with van der Waals surface area (Å²) in [6, 6.07) is 9.21. The van der Waals surface area contributed by atoms with E-state index in [-0.39, 0.29) is 11.6 Å². The maximum atomic E-state index is 12.1. The molecule has 1 aliphatic rings. The van der Waals surface area contributed by atoms with Crippen LogP contribution in [0.4, 0.5) is 0 Å². The fourth-order valence-corrected chi connectivity index (χ4v) is 4.14. The van der Waals surface area contributed by atoms with Crippen molar-refractivity contribution in [3.05, 3.63) is 52.6 Å². The first kappa shape index (κ1) is 18.9. The number of aliphatic hydroxyl groups is 1. The summed E-state index contributed by atoms with van der Waals surface area (Å²) in [5.74, 6) is 0. The lowest BCUT2D eigenvalue weighted by molar-refractivity contribution is 0.00529. The number of fused-ring (bicyclic) bond motifs is 1. The summed E-state index contributed by atoms with van der Waals surface area (Å²) in [5, 5.41) is 20.6. The predicted molar refractivity (Wildman–Crippen MR) is 109 cm³/mol. The molecule has 3 aromatic heterocycles. The van der Waals surface area contributed by atoms with E-state index in [0.717, 1.165) is 48.2 Å². The molecule has 3 aromatic rings. The van der Waals surface area contributed by atoms with E-state index in [0.29, 0.717) is 0 Å². The van der Waals surface area contributed by atoms with Crippen LogP contribution in [-0.2, 0) is 5.60 Å². The van der Waals surface area contributed by atoms with Gasteiger partial charge in [-0.1, -0.05) is 32.1 Å². The van der Waals surface area contributed by atoms with Crippen LogP contribution in [0, 0.1) is 0 Å². The molecule has 4 rings (SSSR count). The second-order valence-electron chi connectivity index (χ2n) is 8.18. The first-order valence-corrected chi connectivity index (χ1v) is 10.3. The van der Waals surface area contributed by atoms with Crippen molar-refractivity contribution in [1.82, 2.24) is 19.4 Å². The Bertz CT molecular complexity index is 1030. The van der Waals surface area contributed by atoms with Gasteiger partial charge >= 0.3 is 0 Å². The van der Waals surface area contributed by atoms with Crippen LogP contribution in [-0.4, -0.2) is 24.5 Å². The van der Waals surface area contributed by atoms with E-state index in [4.69, 9.17) is 5.10 Å². The Kier molecular flexibility index (Phi) is 5.06. The van der Waals surface area contributed by atoms with Crippen LogP contribution < -0.4 is 5.56 Å². The minimum Gasteiger partial charge on any atom is -0.383 e. The standard InChI is InChI=1S/C22H28N4O2/c1-16(2)26-21(27)11-10-18(23-26)17-9-8-14-25-19(17)15-20(24-25)22(28)12-6-4-3-5-7-13-22/h8-11,14-16,28H,3-7,12-13H2,1-2H3. The highest BCUT2D eigenvalue weighted by Crippen LogP contribution is 2.36. The average molecular weight is 380 g/mol. The number of pyridine rings is 1. The first-order chi connectivity index (χ1) is 13.5. The average Bonchev–Trinajstić information content (AvgIpc) is 3.10. The molecule has 1 N–H and O–H groups in total. The fraction of sp³-hybridized carbons (Fsp3) is 0.500. The second kappa shape index (κ2) is 7.51. The van der Waals surface area contributed by atoms with Crippen LogP contribution in [0.1, 0.15) is 70.5 Å². The van der Waals surface area contributed by atoms with Crippen molar-refractivity contribution in [1.29, 1.82) is 0 Å². The highest BCUT2D eigenvalue weighted by atomic mass is 16.3. The molecule has 0 spiro atoms. The molecule has 1 fully saturated rings. The van der Waals surface area contributed by atoms with E-state index < -0.39 is 5.60 Å². The van der Waals surface area contributed by atoms with Gasteiger partial charge in [-0.05, 0) is 51.0 Å². The summed E-state index contributed by atoms with van der Waals surface area (Å²) in [6.45, 7) is 3.89. The van der Waals surface area contributed by atoms with Crippen molar-refractivity contribution in [2.75, 3.05) is 0 Å². The van der Waals surface area contributed by atoms with Crippen LogP contribution in [0.5, 0.6) is 0 Å². The van der Waals surface area contributed by atoms with Crippen molar-refractivity contribution in [2.24, 2.45) is 0 Å². The van der Waals surface area contributed by atoms with Crippen molar-refractivity contribution in [3.63, 3.8) is 0 Å². The number of rotatable bonds is 3. The zero-order chi connectivity index (χ0) is 19.7. The van der Waals surface area contributed by atoms with Crippen molar-refractivity contribution >= 4 is 5.52 Å². The third-order valence-corrected chi connectivity index (χ3v) is 5.75. The second-order valence-corrected chi connectivity index (χ2v) is 8.18. The third-order valence-electron chi connectivity index (χ3n) is 5.75. The molecule has 0 radical (unpaired) electrons. The molecule has 3 heterocycles. The minimum absolute atomic E-state index is 0.0108. The molecular weight excluding hydrogens is 352 g/mol. The molecule has 6 heteroatoms. The van der Waals surface area contributed by atoms with Gasteiger partial charge in [0, 0.05) is 17.8 Å². The van der Waals surface area contributed by atoms with Gasteiger partial charge in [-0.2, -0.15) is 10.2 Å². The van der Waals surface area contributed by atoms with Gasteiger partial charge in [-0.3, -0.25) is 4.79 Å². The predicted octanol–water partition coefficient (Wildman–Crippen LogP) is 4.07. The Morgan fingerprint density at radius 2 is 1.75 bits per heavy atom. The van der Waals surface area contributed by atoms with Crippen LogP contribution in [0.15, 0.2) is 41.3 Å². The molecule has 0 amide bonds. The van der Waals surface area contributed by atoms with Crippen LogP contribution in [0.2, 0.25) is 0 Å². The Hall–Kier alpha value is -2.47. The number of nitrogens with zero attached hydrogens (tertiary/aromatic N) is 4. The topological polar surface area (TPSA) is 72.4 Å². The van der Waals surface area contributed by atoms with Gasteiger partial charge in [-0.15, -0.1) is 0 Å². The summed E-state index contributed by atoms with van der Waals surface area (Å²) in [6.07, 6.45) is 9.04. The molecule has 0 unspecified atom stereocenters. The highest BCUT2D eigenvalue weighted by Gasteiger charge is 2.32. The van der Waals surface area contributed by atoms with E-state index >= 15 is 0 Å². The summed E-state index contributed by atoms with van der Waals surface area (Å²) in [5.41, 5.74) is 2.30. The fourth-order valence-electron chi connectivity index (χ4n) is 4.14. The third kappa shape index (κ3) is 3.49. The molecule has 1 aliphatic carbocycles. The molecule has 0 aliphatic heterocycles. The molecule has 6 nitrogen and oxygen atoms in total. The number of hydrogen-bond donors (Lipinski definition) is 1. The van der Waals surface area contributed by atoms with Gasteiger partial charge in [-0.25, -0.2) is 9.20 Å². The van der Waals surface area contributed by atoms with Gasteiger partial charge in [0.1, 0.15) is 5.60 Å². The lowest BCUT2D eigenvalue weighted by atomic mass is 9.84. The Morgan fingerprint density at radius 3 is 2.46 bits per heavy atom. The monoisotopic (exact) mass is 380 g/mol. The molecule has 0 saturated heterocycles. The molecule has 148 valence electrons. The van der Waals surface area contributed by atoms with Crippen LogP contribution in [0.25, 0.3) is 16.8 Å². The molecule has 1 saturated carbocycles. The maximum Gasteiger partial charge on any atom is 0.267 e. The molecule has 0 aromatic carbocycles. The van der Waals surface area contributed by atoms with Gasteiger partial charge in [0.25, 0.3) is 5.56 Å². The largest absolute Gasteiger partial charge is 0.383 e. The van der Waals surface area contributed by atoms with Crippen molar-refractivity contribution in [2.45, 2.75) is 70.4 Å². The minimum atomic E-state index is -0.867. The SMILES string of the molecule is CC(C)n1nc(-c2cccn3nc(C4(O)CCCCCCC4)cc23)ccc1=O. The quantitative estimate of drug-likeness (QED) is 0.743. The van der Waals surface area contributed by atoms with Crippen molar-refractivity contribution < 1.29 is 5.11 Å². The number of aromatic nitrogens is 4. The lowest BCUT2D eigenvalue weighted by Crippen LogP contribution is -2.27. The van der Waals surface area contributed by atoms with E-state index in [2.05, 4.69) is 5.10 Å². The molecular formula is C22H28N4O2. The summed E-state index contributed by atoms with van der Waals surface area (Å²) in [4.78, 5) is 12.1. The van der Waals surface area contributed by atoms with Gasteiger partial charge in [0.2, 0.25) is 0 Å². The summed E-state index contributed by atoms with van der Waals surface area (Å²) < 4.78 is 3.31. The van der Waals surface area contributed by atoms with Gasteiger partial charge in [0.15, 0.2) is 0 Å². The van der Waals surface area contributed by atoms with E-state index in [1.165, 1.54) is 23.9 Å². The highest BCUT2D eigenvalue weighted by molar-refractivity contribution is 5.78. The van der Waals surface area contributed by atoms with Crippen LogP contribution >= 0.6 is 0 Å². The van der Waals surface area contributed by atoms with E-state index in [1.54, 1.807) is 12.1 Å². The molecule has 0 atom stereocenters. The Labute approximate surface area is 164 Å². The zero-order valence-electron chi connectivity index (χ0n) is 16.6. The Balaban J connectivity index is 1.80. The first-order valence-electron chi connectivity index (χ1n) is 10.3. The molecule has 28 heavy (non-hydrogen) atoms. The van der Waals surface area contributed by atoms with Gasteiger partial charge < -0.3 is 5.11 Å². The van der Waals surface area contributed by atoms with Crippen LogP contribution in [0.3, 0.4) is 0 Å². The Morgan fingerprint density at radius 1 is 1.04 bits per heavy atom. The summed E-state index contributed by atoms with van der Waals surface area (Å²) >= 11 is 0. The van der Waals surface area contributed by atoms with Crippen molar-refractivity contribution in [3.8, 4) is 11.3 Å². The smallest absolute Gasteiger partial charge is 0.267 e. The maximum absolute atomic E-state index is 12.1. The lowest BCUT2D eigenvalue weighted by Gasteiger charge is -2.28. The number of hydrogen-bond acceptors (Lipinski definition) is 4. The van der Waals surface area contributed by atoms with E-state index in [1.807, 2.05) is 42.8 Å². The normalized spacial score (nSPS) is 17.6. The molecule has 0 bridgehead atoms. The summed E-state index contributed by atoms with van der Waals surface area (Å²) in [7, 11) is 0. The van der Waals surface area contributed by atoms with Gasteiger partial charge in [0.05, 0.1) is 22.9 Å².